The molecule has 2 heterocycles. The zero-order valence-electron chi connectivity index (χ0n) is 13.2. The molecule has 7 heteroatoms. The largest absolute Gasteiger partial charge is 0.450 e. The van der Waals surface area contributed by atoms with Gasteiger partial charge >= 0.3 is 5.97 Å². The van der Waals surface area contributed by atoms with E-state index in [0.717, 1.165) is 10.2 Å². The average molecular weight is 344 g/mol. The first-order valence-electron chi connectivity index (χ1n) is 7.45. The Hall–Kier alpha value is -2.67. The fourth-order valence-corrected chi connectivity index (χ4v) is 3.03. The van der Waals surface area contributed by atoms with E-state index in [1.165, 1.54) is 17.4 Å². The molecule has 2 aromatic heterocycles. The number of furan rings is 1. The summed E-state index contributed by atoms with van der Waals surface area (Å²) in [6, 6.07) is 10.9. The van der Waals surface area contributed by atoms with Gasteiger partial charge in [-0.1, -0.05) is 12.1 Å². The van der Waals surface area contributed by atoms with Gasteiger partial charge < -0.3 is 14.5 Å². The van der Waals surface area contributed by atoms with Crippen molar-refractivity contribution in [1.29, 1.82) is 0 Å². The van der Waals surface area contributed by atoms with Gasteiger partial charge in [0.15, 0.2) is 17.4 Å². The molecule has 1 amide bonds. The Kier molecular flexibility index (Phi) is 4.61. The zero-order chi connectivity index (χ0) is 17.1. The molecule has 0 fully saturated rings. The van der Waals surface area contributed by atoms with Crippen molar-refractivity contribution in [1.82, 2.24) is 10.3 Å². The van der Waals surface area contributed by atoms with E-state index in [1.54, 1.807) is 6.07 Å². The van der Waals surface area contributed by atoms with Crippen molar-refractivity contribution in [3.8, 4) is 10.8 Å². The number of hydrogen-bond donors (Lipinski definition) is 1. The van der Waals surface area contributed by atoms with Gasteiger partial charge in [0.2, 0.25) is 5.76 Å². The highest BCUT2D eigenvalue weighted by Gasteiger charge is 2.17. The van der Waals surface area contributed by atoms with Gasteiger partial charge in [-0.05, 0) is 38.1 Å². The molecular formula is C17H16N2O4S. The number of para-hydroxylation sites is 1. The molecule has 0 aliphatic carbocycles. The van der Waals surface area contributed by atoms with Gasteiger partial charge in [0.1, 0.15) is 0 Å². The Balaban J connectivity index is 1.68. The Labute approximate surface area is 142 Å². The predicted molar refractivity (Wildman–Crippen MR) is 90.9 cm³/mol. The summed E-state index contributed by atoms with van der Waals surface area (Å²) >= 11 is 1.48. The Morgan fingerprint density at radius 1 is 1.25 bits per heavy atom. The second kappa shape index (κ2) is 6.84. The van der Waals surface area contributed by atoms with Gasteiger partial charge in [-0.2, -0.15) is 0 Å². The molecule has 24 heavy (non-hydrogen) atoms. The van der Waals surface area contributed by atoms with Crippen molar-refractivity contribution >= 4 is 33.4 Å². The summed E-state index contributed by atoms with van der Waals surface area (Å²) in [5, 5.41) is 3.33. The summed E-state index contributed by atoms with van der Waals surface area (Å²) in [4.78, 5) is 27.9. The normalized spacial score (nSPS) is 11.0. The van der Waals surface area contributed by atoms with Crippen molar-refractivity contribution in [3.63, 3.8) is 0 Å². The van der Waals surface area contributed by atoms with Gasteiger partial charge in [-0.15, -0.1) is 11.3 Å². The van der Waals surface area contributed by atoms with E-state index in [1.807, 2.05) is 38.1 Å². The maximum atomic E-state index is 11.9. The third-order valence-electron chi connectivity index (χ3n) is 3.10. The summed E-state index contributed by atoms with van der Waals surface area (Å²) in [7, 11) is 0. The van der Waals surface area contributed by atoms with Crippen LogP contribution in [-0.4, -0.2) is 29.5 Å². The fourth-order valence-electron chi connectivity index (χ4n) is 2.11. The van der Waals surface area contributed by atoms with E-state index in [9.17, 15) is 9.59 Å². The van der Waals surface area contributed by atoms with Crippen LogP contribution in [0, 0.1) is 0 Å². The molecule has 3 aromatic rings. The minimum atomic E-state index is -0.679. The molecule has 0 bridgehead atoms. The first-order valence-corrected chi connectivity index (χ1v) is 8.27. The standard InChI is InChI=1S/C17H16N2O4S/c1-10(2)18-15(20)9-22-17(21)13-8-7-12(23-13)16-19-11-5-3-4-6-14(11)24-16/h3-8,10H,9H2,1-2H3,(H,18,20). The van der Waals surface area contributed by atoms with Crippen molar-refractivity contribution in [2.45, 2.75) is 19.9 Å². The number of thiazole rings is 1. The third kappa shape index (κ3) is 3.62. The van der Waals surface area contributed by atoms with Gasteiger partial charge in [0, 0.05) is 6.04 Å². The second-order valence-corrected chi connectivity index (χ2v) is 6.48. The van der Waals surface area contributed by atoms with Crippen LogP contribution < -0.4 is 5.32 Å². The smallest absolute Gasteiger partial charge is 0.374 e. The highest BCUT2D eigenvalue weighted by atomic mass is 32.1. The number of esters is 1. The van der Waals surface area contributed by atoms with Crippen LogP contribution in [0.3, 0.4) is 0 Å². The minimum absolute atomic E-state index is 0.00884. The molecule has 0 saturated carbocycles. The van der Waals surface area contributed by atoms with Crippen LogP contribution in [0.2, 0.25) is 0 Å². The second-order valence-electron chi connectivity index (χ2n) is 5.45. The van der Waals surface area contributed by atoms with E-state index in [4.69, 9.17) is 9.15 Å². The predicted octanol–water partition coefficient (Wildman–Crippen LogP) is 3.24. The van der Waals surface area contributed by atoms with Crippen molar-refractivity contribution in [2.24, 2.45) is 0 Å². The summed E-state index contributed by atoms with van der Waals surface area (Å²) in [6.45, 7) is 3.32. The summed E-state index contributed by atoms with van der Waals surface area (Å²) in [5.41, 5.74) is 0.878. The summed E-state index contributed by atoms with van der Waals surface area (Å²) in [5.74, 6) is -0.492. The van der Waals surface area contributed by atoms with Crippen LogP contribution in [0.1, 0.15) is 24.4 Å². The Morgan fingerprint density at radius 3 is 2.79 bits per heavy atom. The first-order chi connectivity index (χ1) is 11.5. The van der Waals surface area contributed by atoms with Crippen LogP contribution in [0.5, 0.6) is 0 Å². The molecule has 1 N–H and O–H groups in total. The van der Waals surface area contributed by atoms with E-state index >= 15 is 0 Å². The SMILES string of the molecule is CC(C)NC(=O)COC(=O)c1ccc(-c2nc3ccccc3s2)o1. The molecule has 1 aromatic carbocycles. The number of rotatable bonds is 5. The van der Waals surface area contributed by atoms with Gasteiger partial charge in [0.05, 0.1) is 10.2 Å². The highest BCUT2D eigenvalue weighted by molar-refractivity contribution is 7.21. The number of nitrogens with zero attached hydrogens (tertiary/aromatic N) is 1. The number of fused-ring (bicyclic) bond motifs is 1. The molecule has 3 rings (SSSR count). The highest BCUT2D eigenvalue weighted by Crippen LogP contribution is 2.31. The first kappa shape index (κ1) is 16.2. The lowest BCUT2D eigenvalue weighted by molar-refractivity contribution is -0.124. The van der Waals surface area contributed by atoms with E-state index < -0.39 is 5.97 Å². The van der Waals surface area contributed by atoms with Crippen molar-refractivity contribution in [2.75, 3.05) is 6.61 Å². The van der Waals surface area contributed by atoms with Crippen LogP contribution in [0.25, 0.3) is 21.0 Å². The molecule has 0 saturated heterocycles. The van der Waals surface area contributed by atoms with Crippen LogP contribution in [0.15, 0.2) is 40.8 Å². The monoisotopic (exact) mass is 344 g/mol. The van der Waals surface area contributed by atoms with E-state index in [0.29, 0.717) is 10.8 Å². The van der Waals surface area contributed by atoms with Gasteiger partial charge in [0.25, 0.3) is 5.91 Å². The maximum Gasteiger partial charge on any atom is 0.374 e. The zero-order valence-corrected chi connectivity index (χ0v) is 14.1. The van der Waals surface area contributed by atoms with E-state index in [-0.39, 0.29) is 24.3 Å². The maximum absolute atomic E-state index is 11.9. The molecule has 0 aliphatic heterocycles. The summed E-state index contributed by atoms with van der Waals surface area (Å²) in [6.07, 6.45) is 0. The lowest BCUT2D eigenvalue weighted by Gasteiger charge is -2.07. The Morgan fingerprint density at radius 2 is 2.04 bits per heavy atom. The molecule has 0 unspecified atom stereocenters. The van der Waals surface area contributed by atoms with Crippen molar-refractivity contribution < 1.29 is 18.7 Å². The fraction of sp³-hybridized carbons (Fsp3) is 0.235. The van der Waals surface area contributed by atoms with Crippen LogP contribution in [-0.2, 0) is 9.53 Å². The number of ether oxygens (including phenoxy) is 1. The summed E-state index contributed by atoms with van der Waals surface area (Å²) < 4.78 is 11.5. The number of benzene rings is 1. The minimum Gasteiger partial charge on any atom is -0.450 e. The quantitative estimate of drug-likeness (QED) is 0.719. The van der Waals surface area contributed by atoms with Crippen molar-refractivity contribution in [3.05, 3.63) is 42.2 Å². The number of hydrogen-bond acceptors (Lipinski definition) is 6. The molecule has 0 aliphatic rings. The third-order valence-corrected chi connectivity index (χ3v) is 4.15. The molecule has 0 spiro atoms. The molecular weight excluding hydrogens is 328 g/mol. The lowest BCUT2D eigenvalue weighted by Crippen LogP contribution is -2.33. The number of amides is 1. The number of carbonyl (C=O) groups is 2. The topological polar surface area (TPSA) is 81.4 Å². The van der Waals surface area contributed by atoms with Gasteiger partial charge in [-0.25, -0.2) is 9.78 Å². The molecule has 0 atom stereocenters. The van der Waals surface area contributed by atoms with Crippen LogP contribution >= 0.6 is 11.3 Å². The molecule has 6 nitrogen and oxygen atoms in total. The average Bonchev–Trinajstić information content (AvgIpc) is 3.18. The Bertz CT molecular complexity index is 848. The number of carbonyl (C=O) groups excluding carboxylic acids is 2. The molecule has 124 valence electrons. The number of aromatic nitrogens is 1. The molecule has 0 radical (unpaired) electrons. The van der Waals surface area contributed by atoms with E-state index in [2.05, 4.69) is 10.3 Å². The van der Waals surface area contributed by atoms with Gasteiger partial charge in [-0.3, -0.25) is 4.79 Å². The lowest BCUT2D eigenvalue weighted by atomic mass is 10.3. The van der Waals surface area contributed by atoms with Crippen LogP contribution in [0.4, 0.5) is 0 Å². The number of nitrogens with one attached hydrogen (secondary N) is 1.